The van der Waals surface area contributed by atoms with Crippen LogP contribution in [0, 0.1) is 33.6 Å². The van der Waals surface area contributed by atoms with Gasteiger partial charge >= 0.3 is 5.97 Å². The number of aryl methyl sites for hydroxylation is 3. The smallest absolute Gasteiger partial charge is 0.319 e. The van der Waals surface area contributed by atoms with Gasteiger partial charge in [0.2, 0.25) is 0 Å². The van der Waals surface area contributed by atoms with Gasteiger partial charge in [-0.2, -0.15) is 0 Å². The first-order chi connectivity index (χ1) is 17.4. The van der Waals surface area contributed by atoms with Crippen molar-refractivity contribution in [1.29, 1.82) is 0 Å². The summed E-state index contributed by atoms with van der Waals surface area (Å²) in [5.41, 5.74) is 6.08. The lowest BCUT2D eigenvalue weighted by atomic mass is 10.0. The number of amides is 1. The molecule has 0 saturated heterocycles. The topological polar surface area (TPSA) is 102 Å². The number of aliphatic hydroxyl groups excluding tert-OH is 1. The molecule has 1 amide bonds. The van der Waals surface area contributed by atoms with Crippen LogP contribution in [0.1, 0.15) is 44.4 Å². The standard InChI is InChI=1S/C27H41N3O4S.C2H2/c1-9-22(11-10-14-35-27(6,7)26(33)34)17-30(12-13-31)21(5)24(28-8)25(32)29-23-19(3)15-18(2)16-20(23)4;1-2/h9-11,15-16,28,31H,12-14,17H2,1-8H3,(H,29,32)(H,33,34);1-2H/b11-10-,22-9+,24-21-;. The highest BCUT2D eigenvalue weighted by Gasteiger charge is 2.26. The van der Waals surface area contributed by atoms with E-state index in [4.69, 9.17) is 0 Å². The maximum atomic E-state index is 13.2. The molecule has 0 saturated carbocycles. The zero-order chi connectivity index (χ0) is 28.8. The van der Waals surface area contributed by atoms with Gasteiger partial charge in [0.1, 0.15) is 10.4 Å². The first-order valence-corrected chi connectivity index (χ1v) is 13.0. The molecule has 0 atom stereocenters. The summed E-state index contributed by atoms with van der Waals surface area (Å²) in [6.07, 6.45) is 13.9. The molecule has 0 bridgehead atoms. The van der Waals surface area contributed by atoms with Gasteiger partial charge in [0.15, 0.2) is 0 Å². The molecule has 4 N–H and O–H groups in total. The quantitative estimate of drug-likeness (QED) is 0.168. The third-order valence-electron chi connectivity index (χ3n) is 5.73. The first kappa shape index (κ1) is 33.8. The lowest BCUT2D eigenvalue weighted by Crippen LogP contribution is -2.34. The van der Waals surface area contributed by atoms with Crippen LogP contribution in [-0.2, 0) is 9.59 Å². The minimum Gasteiger partial charge on any atom is -0.480 e. The minimum absolute atomic E-state index is 0.0600. The molecular weight excluding hydrogens is 486 g/mol. The molecule has 37 heavy (non-hydrogen) atoms. The van der Waals surface area contributed by atoms with Crippen LogP contribution in [0.5, 0.6) is 0 Å². The summed E-state index contributed by atoms with van der Waals surface area (Å²) in [4.78, 5) is 26.4. The predicted molar refractivity (Wildman–Crippen MR) is 157 cm³/mol. The van der Waals surface area contributed by atoms with Crippen molar-refractivity contribution < 1.29 is 19.8 Å². The van der Waals surface area contributed by atoms with Crippen LogP contribution in [0.2, 0.25) is 0 Å². The van der Waals surface area contributed by atoms with Crippen LogP contribution in [0.4, 0.5) is 5.69 Å². The zero-order valence-electron chi connectivity index (χ0n) is 23.4. The number of aliphatic carboxylic acids is 1. The van der Waals surface area contributed by atoms with E-state index in [-0.39, 0.29) is 12.5 Å². The fourth-order valence-electron chi connectivity index (χ4n) is 3.63. The number of terminal acetylenes is 1. The fraction of sp³-hybridized carbons (Fsp3) is 0.448. The second-order valence-electron chi connectivity index (χ2n) is 8.98. The molecule has 0 aliphatic carbocycles. The number of anilines is 1. The molecule has 0 aromatic heterocycles. The second-order valence-corrected chi connectivity index (χ2v) is 10.6. The largest absolute Gasteiger partial charge is 0.480 e. The third kappa shape index (κ3) is 10.8. The number of rotatable bonds is 13. The highest BCUT2D eigenvalue weighted by Crippen LogP contribution is 2.25. The van der Waals surface area contributed by atoms with Crippen LogP contribution in [0.3, 0.4) is 0 Å². The molecule has 0 radical (unpaired) electrons. The van der Waals surface area contributed by atoms with Gasteiger partial charge in [0.05, 0.1) is 6.61 Å². The van der Waals surface area contributed by atoms with Crippen molar-refractivity contribution in [2.75, 3.05) is 37.8 Å². The Morgan fingerprint density at radius 2 is 1.73 bits per heavy atom. The summed E-state index contributed by atoms with van der Waals surface area (Å²) in [7, 11) is 1.71. The SMILES string of the molecule is C#C.C/C=C(\C=C/CSC(C)(C)C(=O)O)CN(CCO)/C(C)=C(\NC)C(=O)Nc1c(C)cc(C)cc1C. The van der Waals surface area contributed by atoms with Crippen molar-refractivity contribution in [3.05, 3.63) is 64.0 Å². The number of carbonyl (C=O) groups excluding carboxylic acids is 1. The Hall–Kier alpha value is -3.15. The normalized spacial score (nSPS) is 12.4. The molecule has 0 aliphatic rings. The predicted octanol–water partition coefficient (Wildman–Crippen LogP) is 4.64. The Balaban J connectivity index is 0.00000631. The molecule has 0 fully saturated rings. The van der Waals surface area contributed by atoms with E-state index < -0.39 is 10.7 Å². The minimum atomic E-state index is -0.855. The Kier molecular flexibility index (Phi) is 15.2. The van der Waals surface area contributed by atoms with E-state index in [2.05, 4.69) is 23.5 Å². The molecular formula is C29H43N3O4S. The highest BCUT2D eigenvalue weighted by atomic mass is 32.2. The van der Waals surface area contributed by atoms with Crippen LogP contribution >= 0.6 is 11.8 Å². The van der Waals surface area contributed by atoms with E-state index >= 15 is 0 Å². The first-order valence-electron chi connectivity index (χ1n) is 12.0. The monoisotopic (exact) mass is 529 g/mol. The molecule has 8 heteroatoms. The van der Waals surface area contributed by atoms with Crippen molar-refractivity contribution in [2.24, 2.45) is 0 Å². The van der Waals surface area contributed by atoms with Gasteiger partial charge in [-0.05, 0) is 65.2 Å². The lowest BCUT2D eigenvalue weighted by molar-refractivity contribution is -0.138. The summed E-state index contributed by atoms with van der Waals surface area (Å²) < 4.78 is -0.855. The highest BCUT2D eigenvalue weighted by molar-refractivity contribution is 8.01. The number of carboxylic acids is 1. The van der Waals surface area contributed by atoms with E-state index in [9.17, 15) is 19.8 Å². The molecule has 204 valence electrons. The van der Waals surface area contributed by atoms with Crippen molar-refractivity contribution in [3.8, 4) is 12.8 Å². The summed E-state index contributed by atoms with van der Waals surface area (Å²) in [6.45, 7) is 13.9. The molecule has 0 unspecified atom stereocenters. The van der Waals surface area contributed by atoms with Gasteiger partial charge in [-0.15, -0.1) is 24.6 Å². The number of hydrogen-bond acceptors (Lipinski definition) is 6. The number of benzene rings is 1. The van der Waals surface area contributed by atoms with E-state index in [0.29, 0.717) is 24.5 Å². The van der Waals surface area contributed by atoms with Crippen molar-refractivity contribution in [1.82, 2.24) is 10.2 Å². The van der Waals surface area contributed by atoms with Crippen molar-refractivity contribution in [3.63, 3.8) is 0 Å². The van der Waals surface area contributed by atoms with Crippen LogP contribution in [0.25, 0.3) is 0 Å². The lowest BCUT2D eigenvalue weighted by Gasteiger charge is -2.27. The fourth-order valence-corrected chi connectivity index (χ4v) is 4.37. The number of nitrogens with one attached hydrogen (secondary N) is 2. The van der Waals surface area contributed by atoms with Crippen LogP contribution in [0.15, 0.2) is 47.3 Å². The van der Waals surface area contributed by atoms with Crippen LogP contribution < -0.4 is 10.6 Å². The van der Waals surface area contributed by atoms with Crippen LogP contribution in [-0.4, -0.2) is 64.2 Å². The summed E-state index contributed by atoms with van der Waals surface area (Å²) in [5.74, 6) is -0.524. The van der Waals surface area contributed by atoms with E-state index in [1.54, 1.807) is 20.9 Å². The van der Waals surface area contributed by atoms with Gasteiger partial charge in [-0.25, -0.2) is 0 Å². The Morgan fingerprint density at radius 3 is 2.19 bits per heavy atom. The third-order valence-corrected chi connectivity index (χ3v) is 6.99. The molecule has 0 heterocycles. The number of thioether (sulfide) groups is 1. The number of carboxylic acid groups (broad SMARTS) is 1. The Bertz CT molecular complexity index is 1020. The maximum absolute atomic E-state index is 13.2. The molecule has 1 rings (SSSR count). The number of carbonyl (C=O) groups is 2. The molecule has 1 aromatic carbocycles. The van der Waals surface area contributed by atoms with E-state index in [1.807, 2.05) is 69.9 Å². The number of allylic oxidation sites excluding steroid dienone is 2. The Labute approximate surface area is 227 Å². The van der Waals surface area contributed by atoms with Gasteiger partial charge in [0.25, 0.3) is 5.91 Å². The molecule has 0 spiro atoms. The number of nitrogens with zero attached hydrogens (tertiary/aromatic N) is 1. The summed E-state index contributed by atoms with van der Waals surface area (Å²) >= 11 is 1.35. The van der Waals surface area contributed by atoms with Crippen molar-refractivity contribution >= 4 is 29.3 Å². The number of aliphatic hydroxyl groups is 1. The zero-order valence-corrected chi connectivity index (χ0v) is 24.3. The summed E-state index contributed by atoms with van der Waals surface area (Å²) in [6, 6.07) is 4.08. The Morgan fingerprint density at radius 1 is 1.16 bits per heavy atom. The number of likely N-dealkylation sites (N-methyl/N-ethyl adjacent to an activating group) is 1. The average Bonchev–Trinajstić information content (AvgIpc) is 2.84. The molecule has 7 nitrogen and oxygen atoms in total. The molecule has 1 aromatic rings. The summed E-state index contributed by atoms with van der Waals surface area (Å²) in [5, 5.41) is 25.0. The average molecular weight is 530 g/mol. The maximum Gasteiger partial charge on any atom is 0.319 e. The number of hydrogen-bond donors (Lipinski definition) is 4. The van der Waals surface area contributed by atoms with E-state index in [0.717, 1.165) is 33.6 Å². The van der Waals surface area contributed by atoms with Gasteiger partial charge in [-0.3, -0.25) is 9.59 Å². The van der Waals surface area contributed by atoms with Gasteiger partial charge in [-0.1, -0.05) is 35.9 Å². The van der Waals surface area contributed by atoms with Gasteiger partial charge in [0, 0.05) is 37.3 Å². The van der Waals surface area contributed by atoms with E-state index in [1.165, 1.54) is 11.8 Å². The van der Waals surface area contributed by atoms with Crippen molar-refractivity contribution in [2.45, 2.75) is 53.2 Å². The second kappa shape index (κ2) is 16.6. The van der Waals surface area contributed by atoms with Gasteiger partial charge < -0.3 is 25.7 Å². The molecule has 0 aliphatic heterocycles.